The van der Waals surface area contributed by atoms with E-state index in [1.54, 1.807) is 48.5 Å². The molecule has 3 aromatic rings. The third-order valence-corrected chi connectivity index (χ3v) is 15.5. The van der Waals surface area contributed by atoms with Crippen LogP contribution in [0.5, 0.6) is 11.5 Å². The lowest BCUT2D eigenvalue weighted by molar-refractivity contribution is 0.0509. The summed E-state index contributed by atoms with van der Waals surface area (Å²) in [5.74, 6) is 1.25. The third-order valence-electron chi connectivity index (χ3n) is 10.4. The highest BCUT2D eigenvalue weighted by atomic mass is 31.2. The second-order valence-electron chi connectivity index (χ2n) is 14.5. The molecule has 8 heteroatoms. The Balaban J connectivity index is 1.62. The predicted molar refractivity (Wildman–Crippen MR) is 189 cm³/mol. The first kappa shape index (κ1) is 35.0. The summed E-state index contributed by atoms with van der Waals surface area (Å²) in [6.07, 6.45) is 5.09. The minimum absolute atomic E-state index is 0.00615. The minimum atomic E-state index is -3.91. The lowest BCUT2D eigenvalue weighted by Gasteiger charge is -2.39. The van der Waals surface area contributed by atoms with Crippen molar-refractivity contribution in [3.8, 4) is 11.5 Å². The van der Waals surface area contributed by atoms with Gasteiger partial charge in [0.15, 0.2) is 0 Å². The maximum absolute atomic E-state index is 15.2. The van der Waals surface area contributed by atoms with Crippen LogP contribution in [0.2, 0.25) is 0 Å². The van der Waals surface area contributed by atoms with Crippen LogP contribution in [-0.2, 0) is 18.2 Å². The van der Waals surface area contributed by atoms with E-state index >= 15 is 9.13 Å². The van der Waals surface area contributed by atoms with E-state index in [0.29, 0.717) is 34.3 Å². The molecule has 0 amide bonds. The molecule has 0 heterocycles. The zero-order valence-corrected chi connectivity index (χ0v) is 30.0. The van der Waals surface area contributed by atoms with Gasteiger partial charge in [0.05, 0.1) is 22.8 Å². The van der Waals surface area contributed by atoms with E-state index in [4.69, 9.17) is 9.05 Å². The third kappa shape index (κ3) is 7.21. The first-order valence-corrected chi connectivity index (χ1v) is 20.3. The summed E-state index contributed by atoms with van der Waals surface area (Å²) in [6, 6.07) is 20.5. The van der Waals surface area contributed by atoms with Crippen molar-refractivity contribution in [2.45, 2.75) is 92.3 Å². The first-order chi connectivity index (χ1) is 21.8. The number of benzene rings is 3. The van der Waals surface area contributed by atoms with Crippen LogP contribution < -0.4 is 21.2 Å². The van der Waals surface area contributed by atoms with Crippen molar-refractivity contribution in [2.24, 2.45) is 35.5 Å². The molecule has 2 N–H and O–H groups in total. The summed E-state index contributed by atoms with van der Waals surface area (Å²) in [6.45, 7) is 13.1. The molecule has 3 aromatic carbocycles. The average Bonchev–Trinajstić information content (AvgIpc) is 3.02. The Labute approximate surface area is 275 Å². The van der Waals surface area contributed by atoms with Gasteiger partial charge in [0.2, 0.25) is 0 Å². The molecule has 2 aliphatic carbocycles. The summed E-state index contributed by atoms with van der Waals surface area (Å²) in [5.41, 5.74) is 0. The van der Waals surface area contributed by atoms with Gasteiger partial charge in [-0.3, -0.25) is 9.13 Å². The summed E-state index contributed by atoms with van der Waals surface area (Å²) in [7, 11) is -7.82. The van der Waals surface area contributed by atoms with Crippen molar-refractivity contribution in [3.05, 3.63) is 72.8 Å². The highest BCUT2D eigenvalue weighted by Crippen LogP contribution is 2.56. The zero-order valence-electron chi connectivity index (χ0n) is 28.2. The smallest absolute Gasteiger partial charge is 0.265 e. The number of hydrogen-bond donors (Lipinski definition) is 2. The van der Waals surface area contributed by atoms with E-state index in [1.807, 2.05) is 12.1 Å². The van der Waals surface area contributed by atoms with Gasteiger partial charge < -0.3 is 19.3 Å². The van der Waals surface area contributed by atoms with Crippen LogP contribution in [0, 0.1) is 35.5 Å². The Hall–Kier alpha value is -2.36. The molecule has 2 unspecified atom stereocenters. The van der Waals surface area contributed by atoms with Crippen LogP contribution in [0.15, 0.2) is 72.8 Å². The molecule has 0 aliphatic heterocycles. The van der Waals surface area contributed by atoms with Crippen molar-refractivity contribution in [2.75, 3.05) is 0 Å². The fourth-order valence-electron chi connectivity index (χ4n) is 7.64. The zero-order chi connectivity index (χ0) is 33.2. The standard InChI is InChI=1S/C38H52O6P2/c1-25(2)31-19-17-27(5)21-35(31)43-45(41,29-13-9-7-10-14-29)37-23-34(40)38(24-33(37)39)46(42,30-15-11-8-12-16-30)44-36-22-28(6)18-20-32(36)26(3)4/h7-16,23-28,31-32,35-36,39-40H,17-22H2,1-6H3/t27-,28-,31+,32+,35-,36-,45?,46?/m1/s1. The van der Waals surface area contributed by atoms with Gasteiger partial charge in [-0.05, 0) is 97.6 Å². The van der Waals surface area contributed by atoms with E-state index < -0.39 is 14.7 Å². The van der Waals surface area contributed by atoms with Gasteiger partial charge in [-0.1, -0.05) is 90.8 Å². The van der Waals surface area contributed by atoms with E-state index in [-0.39, 0.29) is 46.2 Å². The summed E-state index contributed by atoms with van der Waals surface area (Å²) < 4.78 is 43.9. The largest absolute Gasteiger partial charge is 0.507 e. The number of phenolic OH excluding ortho intramolecular Hbond substituents is 2. The monoisotopic (exact) mass is 666 g/mol. The quantitative estimate of drug-likeness (QED) is 0.167. The van der Waals surface area contributed by atoms with Crippen LogP contribution in [0.4, 0.5) is 0 Å². The number of phenols is 2. The Morgan fingerprint density at radius 1 is 0.609 bits per heavy atom. The molecule has 2 saturated carbocycles. The molecular formula is C38H52O6P2. The second kappa shape index (κ2) is 14.4. The molecule has 6 nitrogen and oxygen atoms in total. The second-order valence-corrected chi connectivity index (χ2v) is 19.2. The fraction of sp³-hybridized carbons (Fsp3) is 0.526. The van der Waals surface area contributed by atoms with Crippen LogP contribution >= 0.6 is 14.7 Å². The molecule has 46 heavy (non-hydrogen) atoms. The molecular weight excluding hydrogens is 614 g/mol. The summed E-state index contributed by atoms with van der Waals surface area (Å²) >= 11 is 0. The van der Waals surface area contributed by atoms with E-state index in [0.717, 1.165) is 38.5 Å². The SMILES string of the molecule is CC(C)[C@@H]1CC[C@@H](C)C[C@H]1OP(=O)(c1ccccc1)c1cc(O)c(P(=O)(O[C@@H]2C[C@H](C)CC[C@H]2C(C)C)c2ccccc2)cc1O. The number of hydrogen-bond acceptors (Lipinski definition) is 6. The van der Waals surface area contributed by atoms with E-state index in [2.05, 4.69) is 41.5 Å². The lowest BCUT2D eigenvalue weighted by atomic mass is 9.75. The molecule has 0 aromatic heterocycles. The molecule has 0 saturated heterocycles. The van der Waals surface area contributed by atoms with Crippen molar-refractivity contribution < 1.29 is 28.4 Å². The Morgan fingerprint density at radius 3 is 1.28 bits per heavy atom. The van der Waals surface area contributed by atoms with Gasteiger partial charge in [0, 0.05) is 10.6 Å². The molecule has 8 atom stereocenters. The van der Waals surface area contributed by atoms with Crippen molar-refractivity contribution in [1.29, 1.82) is 0 Å². The van der Waals surface area contributed by atoms with Crippen LogP contribution in [0.25, 0.3) is 0 Å². The molecule has 0 spiro atoms. The number of aromatic hydroxyl groups is 2. The molecule has 2 fully saturated rings. The van der Waals surface area contributed by atoms with Crippen molar-refractivity contribution in [1.82, 2.24) is 0 Å². The van der Waals surface area contributed by atoms with Gasteiger partial charge in [0.25, 0.3) is 14.7 Å². The highest BCUT2D eigenvalue weighted by molar-refractivity contribution is 7.75. The summed E-state index contributed by atoms with van der Waals surface area (Å²) in [4.78, 5) is 0. The van der Waals surface area contributed by atoms with Crippen LogP contribution in [-0.4, -0.2) is 22.4 Å². The predicted octanol–water partition coefficient (Wildman–Crippen LogP) is 8.51. The normalized spacial score (nSPS) is 28.1. The maximum Gasteiger partial charge on any atom is 0.265 e. The van der Waals surface area contributed by atoms with E-state index in [1.165, 1.54) is 12.1 Å². The maximum atomic E-state index is 15.2. The van der Waals surface area contributed by atoms with Gasteiger partial charge in [0.1, 0.15) is 11.5 Å². The van der Waals surface area contributed by atoms with Crippen molar-refractivity contribution in [3.63, 3.8) is 0 Å². The van der Waals surface area contributed by atoms with Gasteiger partial charge in [-0.15, -0.1) is 0 Å². The van der Waals surface area contributed by atoms with Crippen molar-refractivity contribution >= 4 is 36.0 Å². The van der Waals surface area contributed by atoms with Gasteiger partial charge in [-0.2, -0.15) is 0 Å². The number of rotatable bonds is 10. The first-order valence-electron chi connectivity index (χ1n) is 17.1. The Bertz CT molecular complexity index is 1440. The molecule has 0 radical (unpaired) electrons. The van der Waals surface area contributed by atoms with Crippen LogP contribution in [0.3, 0.4) is 0 Å². The van der Waals surface area contributed by atoms with E-state index in [9.17, 15) is 10.2 Å². The fourth-order valence-corrected chi connectivity index (χ4v) is 12.4. The molecule has 250 valence electrons. The molecule has 0 bridgehead atoms. The Morgan fingerprint density at radius 2 is 0.957 bits per heavy atom. The highest BCUT2D eigenvalue weighted by Gasteiger charge is 2.44. The van der Waals surface area contributed by atoms with Crippen LogP contribution in [0.1, 0.15) is 80.1 Å². The topological polar surface area (TPSA) is 93.1 Å². The molecule has 5 rings (SSSR count). The lowest BCUT2D eigenvalue weighted by Crippen LogP contribution is -2.36. The Kier molecular flexibility index (Phi) is 10.9. The average molecular weight is 667 g/mol. The van der Waals surface area contributed by atoms with Gasteiger partial charge >= 0.3 is 0 Å². The minimum Gasteiger partial charge on any atom is -0.507 e. The molecule has 2 aliphatic rings. The summed E-state index contributed by atoms with van der Waals surface area (Å²) in [5, 5.41) is 24.4. The van der Waals surface area contributed by atoms with Gasteiger partial charge in [-0.25, -0.2) is 0 Å².